The largest absolute Gasteiger partial charge is 0.497 e. The van der Waals surface area contributed by atoms with Crippen molar-refractivity contribution in [3.8, 4) is 17.2 Å². The molecule has 1 aliphatic rings. The van der Waals surface area contributed by atoms with Gasteiger partial charge in [-0.25, -0.2) is 0 Å². The van der Waals surface area contributed by atoms with Crippen LogP contribution < -0.4 is 24.8 Å². The summed E-state index contributed by atoms with van der Waals surface area (Å²) in [4.78, 5) is 41.8. The zero-order valence-corrected chi connectivity index (χ0v) is 24.0. The van der Waals surface area contributed by atoms with E-state index in [0.717, 1.165) is 11.8 Å². The van der Waals surface area contributed by atoms with Gasteiger partial charge in [0.1, 0.15) is 27.9 Å². The van der Waals surface area contributed by atoms with Gasteiger partial charge in [0.15, 0.2) is 0 Å². The van der Waals surface area contributed by atoms with Crippen LogP contribution in [-0.4, -0.2) is 64.2 Å². The van der Waals surface area contributed by atoms with Gasteiger partial charge in [-0.2, -0.15) is 0 Å². The van der Waals surface area contributed by atoms with E-state index in [9.17, 15) is 14.4 Å². The molecule has 2 N–H and O–H groups in total. The second-order valence-electron chi connectivity index (χ2n) is 8.82. The average molecular weight is 578 g/mol. The maximum atomic E-state index is 13.5. The first-order valence-electron chi connectivity index (χ1n) is 12.7. The number of thioether (sulfide) groups is 1. The van der Waals surface area contributed by atoms with Crippen LogP contribution in [0.5, 0.6) is 17.2 Å². The number of methoxy groups -OCH3 is 4. The Balaban J connectivity index is 1.61. The molecule has 0 radical (unpaired) electrons. The Labute approximate surface area is 242 Å². The molecular formula is C30H31N3O7S. The summed E-state index contributed by atoms with van der Waals surface area (Å²) in [5.74, 6) is 0.521. The van der Waals surface area contributed by atoms with Crippen LogP contribution in [0.2, 0.25) is 0 Å². The molecule has 1 aliphatic heterocycles. The van der Waals surface area contributed by atoms with Gasteiger partial charge in [-0.15, -0.1) is 0 Å². The first-order chi connectivity index (χ1) is 19.9. The quantitative estimate of drug-likeness (QED) is 0.219. The third-order valence-electron chi connectivity index (χ3n) is 6.19. The fourth-order valence-corrected chi connectivity index (χ4v) is 5.07. The molecule has 0 unspecified atom stereocenters. The molecule has 3 amide bonds. The molecule has 0 fully saturated rings. The van der Waals surface area contributed by atoms with E-state index in [1.54, 1.807) is 88.1 Å². The van der Waals surface area contributed by atoms with Crippen LogP contribution in [-0.2, 0) is 14.3 Å². The molecule has 4 rings (SSSR count). The van der Waals surface area contributed by atoms with Crippen molar-refractivity contribution in [3.63, 3.8) is 0 Å². The normalized spacial score (nSPS) is 12.9. The van der Waals surface area contributed by atoms with Crippen LogP contribution in [0.25, 0.3) is 0 Å². The van der Waals surface area contributed by atoms with Crippen LogP contribution in [0.1, 0.15) is 16.8 Å². The van der Waals surface area contributed by atoms with E-state index in [4.69, 9.17) is 18.9 Å². The van der Waals surface area contributed by atoms with Crippen LogP contribution in [0.3, 0.4) is 0 Å². The topological polar surface area (TPSA) is 115 Å². The Hall–Kier alpha value is -4.48. The number of rotatable bonds is 13. The van der Waals surface area contributed by atoms with Gasteiger partial charge in [0, 0.05) is 42.5 Å². The summed E-state index contributed by atoms with van der Waals surface area (Å²) >= 11 is 1.14. The smallest absolute Gasteiger partial charge is 0.278 e. The number of hydrogen-bond donors (Lipinski definition) is 2. The number of nitrogens with one attached hydrogen (secondary N) is 2. The Morgan fingerprint density at radius 1 is 0.854 bits per heavy atom. The molecule has 41 heavy (non-hydrogen) atoms. The molecule has 0 aromatic heterocycles. The number of amides is 3. The molecule has 0 saturated heterocycles. The van der Waals surface area contributed by atoms with E-state index in [1.807, 2.05) is 0 Å². The predicted octanol–water partition coefficient (Wildman–Crippen LogP) is 4.79. The molecule has 0 atom stereocenters. The standard InChI is InChI=1S/C30H31N3O7S/c1-37-16-6-15-33-29(35)26(32-24-14-13-22(39-3)18-25(24)40-4)27(30(33)36)41-23-8-5-7-20(17-23)31-28(34)19-9-11-21(38-2)12-10-19/h5,7-14,17-18,32H,6,15-16H2,1-4H3,(H,31,34). The van der Waals surface area contributed by atoms with E-state index < -0.39 is 11.8 Å². The fraction of sp³-hybridized carbons (Fsp3) is 0.233. The van der Waals surface area contributed by atoms with Gasteiger partial charge in [-0.1, -0.05) is 17.8 Å². The zero-order chi connectivity index (χ0) is 29.4. The van der Waals surface area contributed by atoms with Crippen LogP contribution in [0.15, 0.2) is 82.2 Å². The highest BCUT2D eigenvalue weighted by molar-refractivity contribution is 8.04. The summed E-state index contributed by atoms with van der Waals surface area (Å²) in [5, 5.41) is 5.99. The van der Waals surface area contributed by atoms with Crippen molar-refractivity contribution in [2.45, 2.75) is 11.3 Å². The van der Waals surface area contributed by atoms with Crippen LogP contribution in [0, 0.1) is 0 Å². The molecule has 11 heteroatoms. The Kier molecular flexibility index (Phi) is 9.88. The van der Waals surface area contributed by atoms with Gasteiger partial charge in [0.05, 0.1) is 27.0 Å². The first kappa shape index (κ1) is 29.5. The van der Waals surface area contributed by atoms with Gasteiger partial charge in [0.25, 0.3) is 17.7 Å². The summed E-state index contributed by atoms with van der Waals surface area (Å²) in [6.07, 6.45) is 0.498. The fourth-order valence-electron chi connectivity index (χ4n) is 4.07. The number of hydrogen-bond acceptors (Lipinski definition) is 9. The summed E-state index contributed by atoms with van der Waals surface area (Å²) in [6.45, 7) is 0.614. The molecule has 0 spiro atoms. The summed E-state index contributed by atoms with van der Waals surface area (Å²) in [7, 11) is 6.18. The average Bonchev–Trinajstić information content (AvgIpc) is 3.21. The Morgan fingerprint density at radius 3 is 2.27 bits per heavy atom. The number of carbonyl (C=O) groups is 3. The van der Waals surface area contributed by atoms with Crippen molar-refractivity contribution in [3.05, 3.63) is 82.9 Å². The van der Waals surface area contributed by atoms with Crippen molar-refractivity contribution in [2.75, 3.05) is 52.2 Å². The molecule has 214 valence electrons. The highest BCUT2D eigenvalue weighted by Gasteiger charge is 2.39. The summed E-state index contributed by atoms with van der Waals surface area (Å²) in [6, 6.07) is 19.0. The number of imide groups is 1. The first-order valence-corrected chi connectivity index (χ1v) is 13.5. The second kappa shape index (κ2) is 13.7. The molecule has 0 bridgehead atoms. The minimum Gasteiger partial charge on any atom is -0.497 e. The summed E-state index contributed by atoms with van der Waals surface area (Å²) in [5.41, 5.74) is 1.64. The van der Waals surface area contributed by atoms with E-state index in [0.29, 0.717) is 52.1 Å². The Morgan fingerprint density at radius 2 is 1.59 bits per heavy atom. The number of nitrogens with zero attached hydrogens (tertiary/aromatic N) is 1. The monoisotopic (exact) mass is 577 g/mol. The number of carbonyl (C=O) groups excluding carboxylic acids is 3. The van der Waals surface area contributed by atoms with Crippen molar-refractivity contribution in [1.29, 1.82) is 0 Å². The van der Waals surface area contributed by atoms with E-state index in [-0.39, 0.29) is 23.1 Å². The van der Waals surface area contributed by atoms with Gasteiger partial charge < -0.3 is 29.6 Å². The maximum absolute atomic E-state index is 13.5. The van der Waals surface area contributed by atoms with E-state index in [1.165, 1.54) is 12.0 Å². The minimum absolute atomic E-state index is 0.133. The van der Waals surface area contributed by atoms with Crippen molar-refractivity contribution >= 4 is 40.9 Å². The number of anilines is 2. The highest BCUT2D eigenvalue weighted by atomic mass is 32.2. The van der Waals surface area contributed by atoms with E-state index in [2.05, 4.69) is 10.6 Å². The summed E-state index contributed by atoms with van der Waals surface area (Å²) < 4.78 is 21.0. The van der Waals surface area contributed by atoms with Crippen LogP contribution >= 0.6 is 11.8 Å². The molecule has 0 aliphatic carbocycles. The van der Waals surface area contributed by atoms with Gasteiger partial charge in [0.2, 0.25) is 0 Å². The van der Waals surface area contributed by atoms with Gasteiger partial charge in [-0.3, -0.25) is 19.3 Å². The van der Waals surface area contributed by atoms with Crippen molar-refractivity contribution < 1.29 is 33.3 Å². The van der Waals surface area contributed by atoms with Gasteiger partial charge >= 0.3 is 0 Å². The zero-order valence-electron chi connectivity index (χ0n) is 23.2. The predicted molar refractivity (Wildman–Crippen MR) is 157 cm³/mol. The lowest BCUT2D eigenvalue weighted by Crippen LogP contribution is -2.33. The molecule has 3 aromatic rings. The SMILES string of the molecule is COCCCN1C(=O)C(Nc2ccc(OC)cc2OC)=C(Sc2cccc(NC(=O)c3ccc(OC)cc3)c2)C1=O. The molecule has 10 nitrogen and oxygen atoms in total. The lowest BCUT2D eigenvalue weighted by molar-refractivity contribution is -0.137. The van der Waals surface area contributed by atoms with Gasteiger partial charge in [-0.05, 0) is 61.0 Å². The molecular weight excluding hydrogens is 546 g/mol. The lowest BCUT2D eigenvalue weighted by Gasteiger charge is -2.15. The third kappa shape index (κ3) is 7.00. The lowest BCUT2D eigenvalue weighted by atomic mass is 10.2. The number of benzene rings is 3. The van der Waals surface area contributed by atoms with Crippen molar-refractivity contribution in [1.82, 2.24) is 4.90 Å². The molecule has 0 saturated carbocycles. The molecule has 3 aromatic carbocycles. The van der Waals surface area contributed by atoms with Crippen LogP contribution in [0.4, 0.5) is 11.4 Å². The minimum atomic E-state index is -0.449. The molecule has 1 heterocycles. The number of ether oxygens (including phenoxy) is 4. The van der Waals surface area contributed by atoms with E-state index >= 15 is 0 Å². The third-order valence-corrected chi connectivity index (χ3v) is 7.26. The maximum Gasteiger partial charge on any atom is 0.278 e. The second-order valence-corrected chi connectivity index (χ2v) is 9.90. The highest BCUT2D eigenvalue weighted by Crippen LogP contribution is 2.38. The van der Waals surface area contributed by atoms with Crippen molar-refractivity contribution in [2.24, 2.45) is 0 Å². The Bertz CT molecular complexity index is 1460.